The van der Waals surface area contributed by atoms with Crippen LogP contribution in [0.5, 0.6) is 5.75 Å². The summed E-state index contributed by atoms with van der Waals surface area (Å²) in [5.41, 5.74) is 1.42. The fourth-order valence-corrected chi connectivity index (χ4v) is 3.76. The average molecular weight is 249 g/mol. The lowest BCUT2D eigenvalue weighted by atomic mass is 9.89. The lowest BCUT2D eigenvalue weighted by molar-refractivity contribution is 0.210. The zero-order valence-corrected chi connectivity index (χ0v) is 11.3. The van der Waals surface area contributed by atoms with Crippen LogP contribution in [-0.4, -0.2) is 18.0 Å². The molecule has 0 saturated carbocycles. The number of hydrogen-bond acceptors (Lipinski definition) is 3. The van der Waals surface area contributed by atoms with Crippen molar-refractivity contribution in [2.24, 2.45) is 0 Å². The maximum absolute atomic E-state index is 6.12. The van der Waals surface area contributed by atoms with Crippen molar-refractivity contribution in [2.75, 3.05) is 13.1 Å². The van der Waals surface area contributed by atoms with Crippen LogP contribution in [0.15, 0.2) is 23.1 Å². The smallest absolute Gasteiger partial charge is 0.153 e. The van der Waals surface area contributed by atoms with Crippen LogP contribution < -0.4 is 10.1 Å². The molecule has 0 atom stereocenters. The Morgan fingerprint density at radius 1 is 1.29 bits per heavy atom. The largest absolute Gasteiger partial charge is 0.475 e. The molecule has 2 nitrogen and oxygen atoms in total. The van der Waals surface area contributed by atoms with Gasteiger partial charge in [0.05, 0.1) is 4.90 Å². The van der Waals surface area contributed by atoms with E-state index in [0.717, 1.165) is 18.8 Å². The topological polar surface area (TPSA) is 21.3 Å². The van der Waals surface area contributed by atoms with E-state index in [1.54, 1.807) is 0 Å². The average Bonchev–Trinajstić information content (AvgIpc) is 2.63. The molecule has 0 aromatic heterocycles. The van der Waals surface area contributed by atoms with Gasteiger partial charge in [-0.1, -0.05) is 23.9 Å². The molecule has 17 heavy (non-hydrogen) atoms. The van der Waals surface area contributed by atoms with Crippen molar-refractivity contribution in [3.05, 3.63) is 23.8 Å². The Balaban J connectivity index is 1.94. The molecule has 0 radical (unpaired) electrons. The molecule has 1 fully saturated rings. The first-order chi connectivity index (χ1) is 8.16. The summed E-state index contributed by atoms with van der Waals surface area (Å²) in [6.07, 6.45) is 2.45. The van der Waals surface area contributed by atoms with Crippen molar-refractivity contribution in [2.45, 2.75) is 42.4 Å². The molecule has 1 N–H and O–H groups in total. The second kappa shape index (κ2) is 4.21. The molecular weight excluding hydrogens is 230 g/mol. The molecule has 2 aliphatic rings. The molecule has 1 saturated heterocycles. The van der Waals surface area contributed by atoms with E-state index >= 15 is 0 Å². The standard InChI is InChI=1S/C14H19NOS/c1-14(2)16-13-11(4-3-5-12(13)17-14)10-6-8-15-9-7-10/h3-5,10,15H,6-9H2,1-2H3. The maximum atomic E-state index is 6.12. The monoisotopic (exact) mass is 249 g/mol. The predicted octanol–water partition coefficient (Wildman–Crippen LogP) is 3.37. The number of nitrogens with one attached hydrogen (secondary N) is 1. The van der Waals surface area contributed by atoms with Gasteiger partial charge in [-0.25, -0.2) is 0 Å². The summed E-state index contributed by atoms with van der Waals surface area (Å²) >= 11 is 1.83. The number of thioether (sulfide) groups is 1. The number of hydrogen-bond donors (Lipinski definition) is 1. The molecule has 1 aromatic rings. The van der Waals surface area contributed by atoms with E-state index in [1.165, 1.54) is 23.3 Å². The van der Waals surface area contributed by atoms with E-state index in [4.69, 9.17) is 4.74 Å². The predicted molar refractivity (Wildman–Crippen MR) is 71.9 cm³/mol. The van der Waals surface area contributed by atoms with Crippen LogP contribution in [0.25, 0.3) is 0 Å². The lowest BCUT2D eigenvalue weighted by Crippen LogP contribution is -2.27. The second-order valence-electron chi connectivity index (χ2n) is 5.30. The Hall–Kier alpha value is -0.670. The van der Waals surface area contributed by atoms with E-state index in [0.29, 0.717) is 5.92 Å². The number of rotatable bonds is 1. The van der Waals surface area contributed by atoms with Crippen LogP contribution >= 0.6 is 11.8 Å². The van der Waals surface area contributed by atoms with Crippen molar-refractivity contribution in [3.63, 3.8) is 0 Å². The van der Waals surface area contributed by atoms with Crippen LogP contribution in [0.3, 0.4) is 0 Å². The molecule has 92 valence electrons. The van der Waals surface area contributed by atoms with Gasteiger partial charge in [0.1, 0.15) is 5.75 Å². The molecule has 1 aromatic carbocycles. The number of piperidine rings is 1. The summed E-state index contributed by atoms with van der Waals surface area (Å²) in [6, 6.07) is 6.60. The maximum Gasteiger partial charge on any atom is 0.153 e. The molecule has 0 unspecified atom stereocenters. The quantitative estimate of drug-likeness (QED) is 0.824. The van der Waals surface area contributed by atoms with E-state index < -0.39 is 0 Å². The van der Waals surface area contributed by atoms with Gasteiger partial charge in [-0.2, -0.15) is 0 Å². The molecule has 0 aliphatic carbocycles. The summed E-state index contributed by atoms with van der Waals surface area (Å²) in [5.74, 6) is 1.81. The van der Waals surface area contributed by atoms with E-state index in [9.17, 15) is 0 Å². The molecule has 0 bridgehead atoms. The molecule has 2 heterocycles. The van der Waals surface area contributed by atoms with Crippen LogP contribution in [0, 0.1) is 0 Å². The van der Waals surface area contributed by atoms with Crippen molar-refractivity contribution in [1.29, 1.82) is 0 Å². The Kier molecular flexibility index (Phi) is 2.83. The highest BCUT2D eigenvalue weighted by molar-refractivity contribution is 8.00. The summed E-state index contributed by atoms with van der Waals surface area (Å²) in [4.78, 5) is 1.21. The molecule has 0 amide bonds. The zero-order valence-electron chi connectivity index (χ0n) is 10.5. The van der Waals surface area contributed by atoms with Crippen LogP contribution in [0.1, 0.15) is 38.2 Å². The fourth-order valence-electron chi connectivity index (χ4n) is 2.71. The Labute approximate surface area is 107 Å². The van der Waals surface area contributed by atoms with Gasteiger partial charge >= 0.3 is 0 Å². The fraction of sp³-hybridized carbons (Fsp3) is 0.571. The summed E-state index contributed by atoms with van der Waals surface area (Å²) in [6.45, 7) is 6.55. The van der Waals surface area contributed by atoms with Gasteiger partial charge in [-0.15, -0.1) is 0 Å². The third-order valence-corrected chi connectivity index (χ3v) is 4.61. The minimum absolute atomic E-state index is 0.106. The van der Waals surface area contributed by atoms with Crippen molar-refractivity contribution in [3.8, 4) is 5.75 Å². The normalized spacial score (nSPS) is 23.2. The number of fused-ring (bicyclic) bond motifs is 1. The van der Waals surface area contributed by atoms with Crippen LogP contribution in [-0.2, 0) is 0 Å². The van der Waals surface area contributed by atoms with Crippen molar-refractivity contribution < 1.29 is 4.74 Å². The first-order valence-electron chi connectivity index (χ1n) is 6.37. The summed E-state index contributed by atoms with van der Waals surface area (Å²) < 4.78 is 6.12. The molecule has 3 heteroatoms. The van der Waals surface area contributed by atoms with Gasteiger partial charge in [0.15, 0.2) is 4.93 Å². The van der Waals surface area contributed by atoms with Gasteiger partial charge in [-0.05, 0) is 57.3 Å². The Morgan fingerprint density at radius 3 is 2.82 bits per heavy atom. The van der Waals surface area contributed by atoms with E-state index in [2.05, 4.69) is 37.4 Å². The highest BCUT2D eigenvalue weighted by atomic mass is 32.2. The Morgan fingerprint density at radius 2 is 2.06 bits per heavy atom. The van der Waals surface area contributed by atoms with Gasteiger partial charge in [0, 0.05) is 0 Å². The third-order valence-electron chi connectivity index (χ3n) is 3.49. The molecule has 3 rings (SSSR count). The Bertz CT molecular complexity index is 424. The highest BCUT2D eigenvalue weighted by Gasteiger charge is 2.34. The van der Waals surface area contributed by atoms with E-state index in [-0.39, 0.29) is 4.93 Å². The first-order valence-corrected chi connectivity index (χ1v) is 7.19. The zero-order chi connectivity index (χ0) is 11.9. The van der Waals surface area contributed by atoms with Crippen molar-refractivity contribution in [1.82, 2.24) is 5.32 Å². The van der Waals surface area contributed by atoms with Gasteiger partial charge in [0.25, 0.3) is 0 Å². The molecular formula is C14H19NOS. The van der Waals surface area contributed by atoms with Gasteiger partial charge < -0.3 is 10.1 Å². The number of ether oxygens (including phenoxy) is 1. The van der Waals surface area contributed by atoms with Crippen molar-refractivity contribution >= 4 is 11.8 Å². The second-order valence-corrected chi connectivity index (χ2v) is 6.93. The summed E-state index contributed by atoms with van der Waals surface area (Å²) in [5, 5.41) is 3.42. The van der Waals surface area contributed by atoms with Gasteiger partial charge in [-0.3, -0.25) is 0 Å². The molecule has 0 spiro atoms. The van der Waals surface area contributed by atoms with Crippen LogP contribution in [0.2, 0.25) is 0 Å². The lowest BCUT2D eigenvalue weighted by Gasteiger charge is -2.25. The third kappa shape index (κ3) is 2.18. The highest BCUT2D eigenvalue weighted by Crippen LogP contribution is 2.50. The SMILES string of the molecule is CC1(C)Oc2c(cccc2C2CCNCC2)S1. The first kappa shape index (κ1) is 11.4. The van der Waals surface area contributed by atoms with E-state index in [1.807, 2.05) is 11.8 Å². The number of para-hydroxylation sites is 1. The molecule has 2 aliphatic heterocycles. The van der Waals surface area contributed by atoms with Gasteiger partial charge in [0.2, 0.25) is 0 Å². The summed E-state index contributed by atoms with van der Waals surface area (Å²) in [7, 11) is 0. The van der Waals surface area contributed by atoms with Crippen LogP contribution in [0.4, 0.5) is 0 Å². The minimum atomic E-state index is -0.106. The number of benzene rings is 1. The minimum Gasteiger partial charge on any atom is -0.475 e.